The molecule has 3 rings (SSSR count). The van der Waals surface area contributed by atoms with Crippen molar-refractivity contribution in [3.05, 3.63) is 47.5 Å². The van der Waals surface area contributed by atoms with Gasteiger partial charge in [0.15, 0.2) is 0 Å². The topological polar surface area (TPSA) is 68.8 Å². The Morgan fingerprint density at radius 2 is 1.90 bits per heavy atom. The van der Waals surface area contributed by atoms with E-state index in [9.17, 15) is 0 Å². The first-order valence-electron chi connectivity index (χ1n) is 11.6. The van der Waals surface area contributed by atoms with Crippen molar-refractivity contribution in [3.63, 3.8) is 0 Å². The van der Waals surface area contributed by atoms with E-state index < -0.39 is 0 Å². The number of nitrogens with zero attached hydrogens (tertiary/aromatic N) is 3. The molecular weight excluding hydrogens is 370 g/mol. The molecule has 0 bridgehead atoms. The largest absolute Gasteiger partial charge is 0.382 e. The molecule has 0 saturated carbocycles. The van der Waals surface area contributed by atoms with Gasteiger partial charge in [0.05, 0.1) is 11.2 Å². The molecule has 1 unspecified atom stereocenters. The van der Waals surface area contributed by atoms with Crippen molar-refractivity contribution in [1.82, 2.24) is 15.0 Å². The first-order chi connectivity index (χ1) is 14.7. The number of aryl methyl sites for hydroxylation is 2. The number of anilines is 1. The second-order valence-corrected chi connectivity index (χ2v) is 8.28. The molecule has 1 aromatic heterocycles. The number of para-hydroxylation sites is 1. The average molecular weight is 408 g/mol. The quantitative estimate of drug-likeness (QED) is 0.373. The summed E-state index contributed by atoms with van der Waals surface area (Å²) in [6, 6.07) is 13.2. The summed E-state index contributed by atoms with van der Waals surface area (Å²) >= 11 is 0. The normalized spacial score (nSPS) is 12.4. The maximum Gasteiger partial charge on any atom is 0.113 e. The number of unbranched alkanes of at least 4 members (excludes halogenated alkanes) is 3. The van der Waals surface area contributed by atoms with Gasteiger partial charge in [0.1, 0.15) is 5.52 Å². The van der Waals surface area contributed by atoms with Crippen molar-refractivity contribution in [2.75, 3.05) is 11.9 Å². The van der Waals surface area contributed by atoms with Crippen molar-refractivity contribution in [1.29, 1.82) is 0 Å². The number of benzene rings is 2. The molecule has 0 aliphatic heterocycles. The number of nitrogens with two attached hydrogens (primary N) is 1. The van der Waals surface area contributed by atoms with Crippen LogP contribution < -0.4 is 11.1 Å². The molecule has 0 amide bonds. The molecule has 1 heterocycles. The van der Waals surface area contributed by atoms with Gasteiger partial charge in [-0.2, -0.15) is 0 Å². The standard InChI is InChI=1S/C25H37N5/c1-4-6-13-21(5-2)27-25-19(3)17-22(18-20(25)12-8-7-11-16-26)30-24-15-10-9-14-23(24)28-29-30/h9-10,14-15,17-18,21,27H,4-8,11-13,16,26H2,1-3H3. The van der Waals surface area contributed by atoms with E-state index >= 15 is 0 Å². The summed E-state index contributed by atoms with van der Waals surface area (Å²) in [5, 5.41) is 12.7. The molecule has 0 spiro atoms. The third-order valence-electron chi connectivity index (χ3n) is 5.90. The van der Waals surface area contributed by atoms with E-state index in [1.807, 2.05) is 22.9 Å². The zero-order valence-electron chi connectivity index (χ0n) is 18.8. The van der Waals surface area contributed by atoms with E-state index in [2.05, 4.69) is 54.6 Å². The Bertz CT molecular complexity index is 930. The average Bonchev–Trinajstić information content (AvgIpc) is 3.19. The van der Waals surface area contributed by atoms with Gasteiger partial charge in [0.2, 0.25) is 0 Å². The molecule has 1 atom stereocenters. The Labute approximate surface area is 181 Å². The van der Waals surface area contributed by atoms with E-state index in [4.69, 9.17) is 5.73 Å². The lowest BCUT2D eigenvalue weighted by Gasteiger charge is -2.23. The number of hydrogen-bond acceptors (Lipinski definition) is 4. The predicted octanol–water partition coefficient (Wildman–Crippen LogP) is 5.78. The molecule has 0 fully saturated rings. The second kappa shape index (κ2) is 11.1. The predicted molar refractivity (Wildman–Crippen MR) is 127 cm³/mol. The summed E-state index contributed by atoms with van der Waals surface area (Å²) in [6.07, 6.45) is 9.31. The molecule has 2 aromatic carbocycles. The highest BCUT2D eigenvalue weighted by Crippen LogP contribution is 2.29. The number of hydrogen-bond donors (Lipinski definition) is 2. The molecule has 5 heteroatoms. The molecule has 5 nitrogen and oxygen atoms in total. The van der Waals surface area contributed by atoms with Crippen LogP contribution in [0.15, 0.2) is 36.4 Å². The van der Waals surface area contributed by atoms with Gasteiger partial charge in [-0.05, 0) is 81.0 Å². The van der Waals surface area contributed by atoms with Crippen LogP contribution in [0.25, 0.3) is 16.7 Å². The van der Waals surface area contributed by atoms with Crippen LogP contribution in [-0.2, 0) is 6.42 Å². The first-order valence-corrected chi connectivity index (χ1v) is 11.6. The van der Waals surface area contributed by atoms with Crippen LogP contribution in [-0.4, -0.2) is 27.6 Å². The van der Waals surface area contributed by atoms with Crippen molar-refractivity contribution < 1.29 is 0 Å². The molecule has 0 radical (unpaired) electrons. The van der Waals surface area contributed by atoms with E-state index in [1.54, 1.807) is 0 Å². The van der Waals surface area contributed by atoms with Crippen molar-refractivity contribution in [2.45, 2.75) is 78.2 Å². The third kappa shape index (κ3) is 5.39. The maximum absolute atomic E-state index is 5.70. The fourth-order valence-electron chi connectivity index (χ4n) is 4.09. The molecule has 162 valence electrons. The van der Waals surface area contributed by atoms with E-state index in [1.165, 1.54) is 42.5 Å². The summed E-state index contributed by atoms with van der Waals surface area (Å²) < 4.78 is 1.96. The molecular formula is C25H37N5. The summed E-state index contributed by atoms with van der Waals surface area (Å²) in [7, 11) is 0. The van der Waals surface area contributed by atoms with Gasteiger partial charge in [-0.3, -0.25) is 0 Å². The van der Waals surface area contributed by atoms with Crippen LogP contribution >= 0.6 is 0 Å². The van der Waals surface area contributed by atoms with Gasteiger partial charge in [-0.15, -0.1) is 5.10 Å². The zero-order chi connectivity index (χ0) is 21.3. The van der Waals surface area contributed by atoms with Gasteiger partial charge in [-0.25, -0.2) is 4.68 Å². The van der Waals surface area contributed by atoms with Crippen LogP contribution in [0.4, 0.5) is 5.69 Å². The van der Waals surface area contributed by atoms with Crippen LogP contribution in [0, 0.1) is 6.92 Å². The summed E-state index contributed by atoms with van der Waals surface area (Å²) in [6.45, 7) is 7.52. The Kier molecular flexibility index (Phi) is 8.26. The maximum atomic E-state index is 5.70. The second-order valence-electron chi connectivity index (χ2n) is 8.28. The van der Waals surface area contributed by atoms with Gasteiger partial charge in [0.25, 0.3) is 0 Å². The lowest BCUT2D eigenvalue weighted by Crippen LogP contribution is -2.20. The van der Waals surface area contributed by atoms with Gasteiger partial charge in [0, 0.05) is 11.7 Å². The number of nitrogens with one attached hydrogen (secondary N) is 1. The minimum absolute atomic E-state index is 0.518. The Morgan fingerprint density at radius 3 is 2.67 bits per heavy atom. The molecule has 0 saturated heterocycles. The highest BCUT2D eigenvalue weighted by Gasteiger charge is 2.15. The fraction of sp³-hybridized carbons (Fsp3) is 0.520. The number of aromatic nitrogens is 3. The first kappa shape index (κ1) is 22.3. The Balaban J connectivity index is 1.95. The van der Waals surface area contributed by atoms with Crippen LogP contribution in [0.1, 0.15) is 69.9 Å². The van der Waals surface area contributed by atoms with Crippen molar-refractivity contribution in [3.8, 4) is 5.69 Å². The van der Waals surface area contributed by atoms with E-state index in [0.29, 0.717) is 6.04 Å². The number of fused-ring (bicyclic) bond motifs is 1. The summed E-state index contributed by atoms with van der Waals surface area (Å²) in [4.78, 5) is 0. The Morgan fingerprint density at radius 1 is 1.07 bits per heavy atom. The van der Waals surface area contributed by atoms with Crippen molar-refractivity contribution >= 4 is 16.7 Å². The fourth-order valence-corrected chi connectivity index (χ4v) is 4.09. The molecule has 3 aromatic rings. The highest BCUT2D eigenvalue weighted by molar-refractivity contribution is 5.76. The molecule has 0 aliphatic carbocycles. The third-order valence-corrected chi connectivity index (χ3v) is 5.90. The number of rotatable bonds is 12. The van der Waals surface area contributed by atoms with Crippen LogP contribution in [0.3, 0.4) is 0 Å². The molecule has 3 N–H and O–H groups in total. The van der Waals surface area contributed by atoms with E-state index in [-0.39, 0.29) is 0 Å². The van der Waals surface area contributed by atoms with Gasteiger partial charge >= 0.3 is 0 Å². The monoisotopic (exact) mass is 407 g/mol. The van der Waals surface area contributed by atoms with Crippen LogP contribution in [0.2, 0.25) is 0 Å². The SMILES string of the molecule is CCCCC(CC)Nc1c(C)cc(-n2nnc3ccccc32)cc1CCCCCN. The zero-order valence-corrected chi connectivity index (χ0v) is 18.8. The lowest BCUT2D eigenvalue weighted by atomic mass is 9.98. The van der Waals surface area contributed by atoms with Crippen molar-refractivity contribution in [2.24, 2.45) is 5.73 Å². The molecule has 0 aliphatic rings. The minimum atomic E-state index is 0.518. The summed E-state index contributed by atoms with van der Waals surface area (Å²) in [5.74, 6) is 0. The van der Waals surface area contributed by atoms with Crippen LogP contribution in [0.5, 0.6) is 0 Å². The smallest absolute Gasteiger partial charge is 0.113 e. The van der Waals surface area contributed by atoms with Gasteiger partial charge < -0.3 is 11.1 Å². The minimum Gasteiger partial charge on any atom is -0.382 e. The Hall–Kier alpha value is -2.40. The molecule has 30 heavy (non-hydrogen) atoms. The lowest BCUT2D eigenvalue weighted by molar-refractivity contribution is 0.592. The van der Waals surface area contributed by atoms with Gasteiger partial charge in [-0.1, -0.05) is 50.5 Å². The highest BCUT2D eigenvalue weighted by atomic mass is 15.4. The van der Waals surface area contributed by atoms with E-state index in [0.717, 1.165) is 48.9 Å². The summed E-state index contributed by atoms with van der Waals surface area (Å²) in [5.41, 5.74) is 12.7.